The van der Waals surface area contributed by atoms with Crippen molar-refractivity contribution < 1.29 is 13.5 Å². The van der Waals surface area contributed by atoms with Crippen LogP contribution in [-0.4, -0.2) is 48.7 Å². The van der Waals surface area contributed by atoms with Gasteiger partial charge in [0.25, 0.3) is 0 Å². The van der Waals surface area contributed by atoms with Crippen molar-refractivity contribution >= 4 is 21.6 Å². The second-order valence-corrected chi connectivity index (χ2v) is 5.98. The summed E-state index contributed by atoms with van der Waals surface area (Å²) < 4.78 is 24.6. The standard InChI is InChI=1S/C8H16ClNO3S/c9-4-1-2-6-14(12,13)10-5-3-8(11)7-10/h8,11H,1-7H2. The minimum Gasteiger partial charge on any atom is -0.392 e. The maximum Gasteiger partial charge on any atom is 0.214 e. The lowest BCUT2D eigenvalue weighted by molar-refractivity contribution is 0.189. The minimum atomic E-state index is -3.15. The van der Waals surface area contributed by atoms with E-state index in [1.165, 1.54) is 4.31 Å². The Morgan fingerprint density at radius 1 is 1.43 bits per heavy atom. The first kappa shape index (κ1) is 12.2. The molecule has 1 N–H and O–H groups in total. The van der Waals surface area contributed by atoms with Crippen molar-refractivity contribution in [2.24, 2.45) is 0 Å². The molecule has 0 amide bonds. The predicted octanol–water partition coefficient (Wildman–Crippen LogP) is 0.402. The molecule has 1 saturated heterocycles. The number of alkyl halides is 1. The van der Waals surface area contributed by atoms with Gasteiger partial charge in [0.05, 0.1) is 11.9 Å². The molecular formula is C8H16ClNO3S. The molecule has 0 aromatic rings. The van der Waals surface area contributed by atoms with Crippen molar-refractivity contribution in [2.45, 2.75) is 25.4 Å². The Hall–Kier alpha value is 0.160. The summed E-state index contributed by atoms with van der Waals surface area (Å²) in [6, 6.07) is 0. The van der Waals surface area contributed by atoms with Gasteiger partial charge in [-0.15, -0.1) is 11.6 Å². The van der Waals surface area contributed by atoms with Crippen LogP contribution in [0.1, 0.15) is 19.3 Å². The average Bonchev–Trinajstić information content (AvgIpc) is 2.53. The fraction of sp³-hybridized carbons (Fsp3) is 1.00. The van der Waals surface area contributed by atoms with Gasteiger partial charge in [-0.2, -0.15) is 4.31 Å². The van der Waals surface area contributed by atoms with E-state index in [-0.39, 0.29) is 12.3 Å². The first-order valence-corrected chi connectivity index (χ1v) is 6.92. The number of β-amino-alcohol motifs (C(OH)–C–C–N with tert-alkyl or cyclic N) is 1. The lowest BCUT2D eigenvalue weighted by Gasteiger charge is -2.15. The SMILES string of the molecule is O=S(=O)(CCCCCl)N1CCC(O)C1. The second kappa shape index (κ2) is 5.30. The van der Waals surface area contributed by atoms with E-state index >= 15 is 0 Å². The molecule has 1 rings (SSSR count). The van der Waals surface area contributed by atoms with Crippen molar-refractivity contribution in [3.8, 4) is 0 Å². The first-order valence-electron chi connectivity index (χ1n) is 4.78. The molecule has 84 valence electrons. The molecule has 1 aliphatic rings. The molecule has 1 unspecified atom stereocenters. The van der Waals surface area contributed by atoms with Gasteiger partial charge in [0.15, 0.2) is 0 Å². The summed E-state index contributed by atoms with van der Waals surface area (Å²) in [6.45, 7) is 0.702. The third-order valence-electron chi connectivity index (χ3n) is 2.31. The molecule has 1 atom stereocenters. The van der Waals surface area contributed by atoms with Gasteiger partial charge in [-0.3, -0.25) is 0 Å². The molecule has 0 saturated carbocycles. The van der Waals surface area contributed by atoms with Gasteiger partial charge in [0.2, 0.25) is 10.0 Å². The number of halogens is 1. The summed E-state index contributed by atoms with van der Waals surface area (Å²) in [5.41, 5.74) is 0. The highest BCUT2D eigenvalue weighted by Gasteiger charge is 2.29. The van der Waals surface area contributed by atoms with E-state index in [0.717, 1.165) is 6.42 Å². The van der Waals surface area contributed by atoms with E-state index in [1.54, 1.807) is 0 Å². The zero-order chi connectivity index (χ0) is 10.6. The topological polar surface area (TPSA) is 57.6 Å². The van der Waals surface area contributed by atoms with E-state index in [2.05, 4.69) is 0 Å². The number of hydrogen-bond donors (Lipinski definition) is 1. The summed E-state index contributed by atoms with van der Waals surface area (Å²) in [5, 5.41) is 9.21. The summed E-state index contributed by atoms with van der Waals surface area (Å²) in [5.74, 6) is 0.643. The molecule has 0 aromatic heterocycles. The number of unbranched alkanes of at least 4 members (excludes halogenated alkanes) is 1. The Bertz CT molecular complexity index is 268. The van der Waals surface area contributed by atoms with Crippen LogP contribution in [-0.2, 0) is 10.0 Å². The van der Waals surface area contributed by atoms with Gasteiger partial charge in [-0.05, 0) is 19.3 Å². The fourth-order valence-electron chi connectivity index (χ4n) is 1.47. The molecule has 0 aliphatic carbocycles. The van der Waals surface area contributed by atoms with Crippen LogP contribution < -0.4 is 0 Å². The Morgan fingerprint density at radius 3 is 2.64 bits per heavy atom. The van der Waals surface area contributed by atoms with Gasteiger partial charge >= 0.3 is 0 Å². The quantitative estimate of drug-likeness (QED) is 0.560. The largest absolute Gasteiger partial charge is 0.392 e. The number of aliphatic hydroxyl groups excluding tert-OH is 1. The smallest absolute Gasteiger partial charge is 0.214 e. The van der Waals surface area contributed by atoms with Gasteiger partial charge in [-0.25, -0.2) is 8.42 Å². The Balaban J connectivity index is 2.41. The molecule has 1 fully saturated rings. The zero-order valence-electron chi connectivity index (χ0n) is 8.02. The minimum absolute atomic E-state index is 0.145. The van der Waals surface area contributed by atoms with Crippen molar-refractivity contribution in [3.05, 3.63) is 0 Å². The molecule has 0 radical (unpaired) electrons. The molecule has 0 bridgehead atoms. The number of sulfonamides is 1. The van der Waals surface area contributed by atoms with Crippen LogP contribution in [0.15, 0.2) is 0 Å². The van der Waals surface area contributed by atoms with Gasteiger partial charge in [-0.1, -0.05) is 0 Å². The fourth-order valence-corrected chi connectivity index (χ4v) is 3.27. The van der Waals surface area contributed by atoms with E-state index in [4.69, 9.17) is 11.6 Å². The van der Waals surface area contributed by atoms with Gasteiger partial charge in [0.1, 0.15) is 0 Å². The average molecular weight is 242 g/mol. The molecule has 0 spiro atoms. The molecule has 14 heavy (non-hydrogen) atoms. The van der Waals surface area contributed by atoms with Crippen LogP contribution in [0, 0.1) is 0 Å². The zero-order valence-corrected chi connectivity index (χ0v) is 9.60. The monoisotopic (exact) mass is 241 g/mol. The van der Waals surface area contributed by atoms with Crippen LogP contribution in [0.3, 0.4) is 0 Å². The molecule has 4 nitrogen and oxygen atoms in total. The normalized spacial score (nSPS) is 24.3. The highest BCUT2D eigenvalue weighted by atomic mass is 35.5. The highest BCUT2D eigenvalue weighted by molar-refractivity contribution is 7.89. The van der Waals surface area contributed by atoms with Crippen LogP contribution >= 0.6 is 11.6 Å². The number of nitrogens with zero attached hydrogens (tertiary/aromatic N) is 1. The van der Waals surface area contributed by atoms with Crippen molar-refractivity contribution in [1.29, 1.82) is 0 Å². The molecule has 0 aromatic carbocycles. The molecule has 1 aliphatic heterocycles. The molecule has 6 heteroatoms. The Morgan fingerprint density at radius 2 is 2.14 bits per heavy atom. The predicted molar refractivity (Wildman–Crippen MR) is 55.9 cm³/mol. The van der Waals surface area contributed by atoms with Gasteiger partial charge in [0, 0.05) is 19.0 Å². The molecular weight excluding hydrogens is 226 g/mol. The van der Waals surface area contributed by atoms with Crippen LogP contribution in [0.2, 0.25) is 0 Å². The Kier molecular flexibility index (Phi) is 4.63. The summed E-state index contributed by atoms with van der Waals surface area (Å²) in [6.07, 6.45) is 1.38. The number of aliphatic hydroxyl groups is 1. The second-order valence-electron chi connectivity index (χ2n) is 3.51. The van der Waals surface area contributed by atoms with Crippen molar-refractivity contribution in [2.75, 3.05) is 24.7 Å². The first-order chi connectivity index (χ1) is 6.56. The van der Waals surface area contributed by atoms with Crippen molar-refractivity contribution in [1.82, 2.24) is 4.31 Å². The summed E-state index contributed by atoms with van der Waals surface area (Å²) >= 11 is 5.46. The number of rotatable bonds is 5. The van der Waals surface area contributed by atoms with Crippen LogP contribution in [0.5, 0.6) is 0 Å². The Labute approximate surface area is 89.9 Å². The third-order valence-corrected chi connectivity index (χ3v) is 4.50. The molecule has 1 heterocycles. The summed E-state index contributed by atoms with van der Waals surface area (Å²) in [4.78, 5) is 0. The van der Waals surface area contributed by atoms with E-state index in [9.17, 15) is 13.5 Å². The lowest BCUT2D eigenvalue weighted by atomic mass is 10.3. The summed E-state index contributed by atoms with van der Waals surface area (Å²) in [7, 11) is -3.15. The highest BCUT2D eigenvalue weighted by Crippen LogP contribution is 2.14. The maximum atomic E-state index is 11.6. The maximum absolute atomic E-state index is 11.6. The van der Waals surface area contributed by atoms with Crippen LogP contribution in [0.4, 0.5) is 0 Å². The van der Waals surface area contributed by atoms with Gasteiger partial charge < -0.3 is 5.11 Å². The van der Waals surface area contributed by atoms with E-state index in [1.807, 2.05) is 0 Å². The van der Waals surface area contributed by atoms with E-state index in [0.29, 0.717) is 25.3 Å². The van der Waals surface area contributed by atoms with Crippen LogP contribution in [0.25, 0.3) is 0 Å². The van der Waals surface area contributed by atoms with E-state index < -0.39 is 16.1 Å². The van der Waals surface area contributed by atoms with Crippen molar-refractivity contribution in [3.63, 3.8) is 0 Å². The third kappa shape index (κ3) is 3.38. The number of hydrogen-bond acceptors (Lipinski definition) is 3. The lowest BCUT2D eigenvalue weighted by Crippen LogP contribution is -2.31.